The predicted molar refractivity (Wildman–Crippen MR) is 104 cm³/mol. The molecule has 2 heterocycles. The molecule has 1 unspecified atom stereocenters. The normalized spacial score (nSPS) is 16.4. The van der Waals surface area contributed by atoms with Gasteiger partial charge in [0, 0.05) is 19.7 Å². The smallest absolute Gasteiger partial charge is 0.230 e. The molecule has 3 rings (SSSR count). The molecule has 0 aliphatic carbocycles. The summed E-state index contributed by atoms with van der Waals surface area (Å²) in [4.78, 5) is 12.0. The molecule has 1 amide bonds. The van der Waals surface area contributed by atoms with E-state index in [4.69, 9.17) is 9.47 Å². The SMILES string of the molecule is CCn1c(COc2ccc(C)cc2)nnc1SCC(=O)NCC1CCCO1. The maximum Gasteiger partial charge on any atom is 0.230 e. The minimum absolute atomic E-state index is 0.0152. The lowest BCUT2D eigenvalue weighted by Crippen LogP contribution is -2.32. The lowest BCUT2D eigenvalue weighted by atomic mass is 10.2. The third-order valence-corrected chi connectivity index (χ3v) is 5.35. The molecule has 1 saturated heterocycles. The lowest BCUT2D eigenvalue weighted by molar-refractivity contribution is -0.119. The fourth-order valence-electron chi connectivity index (χ4n) is 2.85. The summed E-state index contributed by atoms with van der Waals surface area (Å²) in [6.07, 6.45) is 2.24. The summed E-state index contributed by atoms with van der Waals surface area (Å²) < 4.78 is 13.3. The van der Waals surface area contributed by atoms with E-state index in [-0.39, 0.29) is 12.0 Å². The van der Waals surface area contributed by atoms with E-state index in [9.17, 15) is 4.79 Å². The Morgan fingerprint density at radius 1 is 1.37 bits per heavy atom. The zero-order valence-corrected chi connectivity index (χ0v) is 16.6. The Morgan fingerprint density at radius 3 is 2.89 bits per heavy atom. The number of hydrogen-bond acceptors (Lipinski definition) is 6. The van der Waals surface area contributed by atoms with Crippen molar-refractivity contribution in [2.24, 2.45) is 0 Å². The van der Waals surface area contributed by atoms with Gasteiger partial charge in [0.2, 0.25) is 5.91 Å². The van der Waals surface area contributed by atoms with Crippen LogP contribution in [0.5, 0.6) is 5.75 Å². The molecule has 0 saturated carbocycles. The highest BCUT2D eigenvalue weighted by atomic mass is 32.2. The van der Waals surface area contributed by atoms with Gasteiger partial charge >= 0.3 is 0 Å². The van der Waals surface area contributed by atoms with Crippen LogP contribution >= 0.6 is 11.8 Å². The van der Waals surface area contributed by atoms with Gasteiger partial charge in [-0.25, -0.2) is 0 Å². The number of nitrogens with zero attached hydrogens (tertiary/aromatic N) is 3. The van der Waals surface area contributed by atoms with Crippen LogP contribution in [0, 0.1) is 6.92 Å². The van der Waals surface area contributed by atoms with Crippen molar-refractivity contribution in [1.82, 2.24) is 20.1 Å². The maximum absolute atomic E-state index is 12.0. The molecule has 146 valence electrons. The molecule has 2 aromatic rings. The molecule has 1 aromatic carbocycles. The zero-order chi connectivity index (χ0) is 19.1. The number of aryl methyl sites for hydroxylation is 1. The summed E-state index contributed by atoms with van der Waals surface area (Å²) in [5.74, 6) is 1.84. The zero-order valence-electron chi connectivity index (χ0n) is 15.8. The standard InChI is InChI=1S/C19H26N4O3S/c1-3-23-17(12-26-15-8-6-14(2)7-9-15)21-22-19(23)27-13-18(24)20-11-16-5-4-10-25-16/h6-9,16H,3-5,10-13H2,1-2H3,(H,20,24). The summed E-state index contributed by atoms with van der Waals surface area (Å²) in [5.41, 5.74) is 1.19. The van der Waals surface area contributed by atoms with Crippen molar-refractivity contribution in [2.45, 2.75) is 51.1 Å². The van der Waals surface area contributed by atoms with Crippen molar-refractivity contribution in [3.63, 3.8) is 0 Å². The Balaban J connectivity index is 1.48. The van der Waals surface area contributed by atoms with Crippen LogP contribution in [0.3, 0.4) is 0 Å². The fourth-order valence-corrected chi connectivity index (χ4v) is 3.70. The summed E-state index contributed by atoms with van der Waals surface area (Å²) in [6.45, 7) is 6.51. The molecule has 1 fully saturated rings. The van der Waals surface area contributed by atoms with Crippen LogP contribution in [0.25, 0.3) is 0 Å². The van der Waals surface area contributed by atoms with Crippen LogP contribution in [-0.2, 0) is 22.7 Å². The summed E-state index contributed by atoms with van der Waals surface area (Å²) in [7, 11) is 0. The molecule has 1 aliphatic heterocycles. The van der Waals surface area contributed by atoms with Crippen molar-refractivity contribution >= 4 is 17.7 Å². The first-order valence-electron chi connectivity index (χ1n) is 9.28. The Bertz CT molecular complexity index is 742. The van der Waals surface area contributed by atoms with Crippen LogP contribution < -0.4 is 10.1 Å². The highest BCUT2D eigenvalue weighted by Gasteiger charge is 2.17. The number of benzene rings is 1. The number of nitrogens with one attached hydrogen (secondary N) is 1. The van der Waals surface area contributed by atoms with Gasteiger partial charge < -0.3 is 19.4 Å². The Hall–Kier alpha value is -2.06. The number of ether oxygens (including phenoxy) is 2. The van der Waals surface area contributed by atoms with Crippen LogP contribution in [-0.4, -0.2) is 45.7 Å². The molecule has 0 radical (unpaired) electrons. The summed E-state index contributed by atoms with van der Waals surface area (Å²) in [6, 6.07) is 7.90. The number of rotatable bonds is 9. The topological polar surface area (TPSA) is 78.3 Å². The second kappa shape index (κ2) is 9.75. The van der Waals surface area contributed by atoms with Gasteiger partial charge in [0.25, 0.3) is 0 Å². The second-order valence-corrected chi connectivity index (χ2v) is 7.42. The monoisotopic (exact) mass is 390 g/mol. The first kappa shape index (κ1) is 19.7. The number of aromatic nitrogens is 3. The Morgan fingerprint density at radius 2 is 2.19 bits per heavy atom. The van der Waals surface area contributed by atoms with E-state index in [0.717, 1.165) is 42.7 Å². The van der Waals surface area contributed by atoms with Gasteiger partial charge in [-0.2, -0.15) is 0 Å². The van der Waals surface area contributed by atoms with E-state index in [1.807, 2.05) is 42.7 Å². The van der Waals surface area contributed by atoms with Crippen LogP contribution in [0.15, 0.2) is 29.4 Å². The molecule has 1 aromatic heterocycles. The van der Waals surface area contributed by atoms with Gasteiger partial charge in [-0.05, 0) is 38.8 Å². The maximum atomic E-state index is 12.0. The van der Waals surface area contributed by atoms with Crippen LogP contribution in [0.4, 0.5) is 0 Å². The molecule has 7 nitrogen and oxygen atoms in total. The molecule has 1 aliphatic rings. The van der Waals surface area contributed by atoms with Crippen LogP contribution in [0.2, 0.25) is 0 Å². The van der Waals surface area contributed by atoms with Gasteiger partial charge in [-0.1, -0.05) is 29.5 Å². The molecule has 8 heteroatoms. The largest absolute Gasteiger partial charge is 0.486 e. The highest BCUT2D eigenvalue weighted by molar-refractivity contribution is 7.99. The average Bonchev–Trinajstić information content (AvgIpc) is 3.33. The van der Waals surface area contributed by atoms with E-state index in [0.29, 0.717) is 18.9 Å². The quantitative estimate of drug-likeness (QED) is 0.663. The first-order valence-corrected chi connectivity index (χ1v) is 10.3. The van der Waals surface area contributed by atoms with E-state index >= 15 is 0 Å². The predicted octanol–water partition coefficient (Wildman–Crippen LogP) is 2.57. The molecular weight excluding hydrogens is 364 g/mol. The summed E-state index contributed by atoms with van der Waals surface area (Å²) in [5, 5.41) is 12.1. The van der Waals surface area contributed by atoms with Gasteiger partial charge in [-0.15, -0.1) is 10.2 Å². The third-order valence-electron chi connectivity index (χ3n) is 4.38. The van der Waals surface area contributed by atoms with Gasteiger partial charge in [-0.3, -0.25) is 4.79 Å². The number of amides is 1. The fraction of sp³-hybridized carbons (Fsp3) is 0.526. The minimum Gasteiger partial charge on any atom is -0.486 e. The molecule has 1 atom stereocenters. The number of hydrogen-bond donors (Lipinski definition) is 1. The first-order chi connectivity index (χ1) is 13.2. The van der Waals surface area contributed by atoms with E-state index < -0.39 is 0 Å². The Labute approximate surface area is 163 Å². The van der Waals surface area contributed by atoms with Crippen molar-refractivity contribution in [3.8, 4) is 5.75 Å². The van der Waals surface area contributed by atoms with Crippen molar-refractivity contribution in [2.75, 3.05) is 18.9 Å². The highest BCUT2D eigenvalue weighted by Crippen LogP contribution is 2.19. The average molecular weight is 391 g/mol. The third kappa shape index (κ3) is 5.71. The van der Waals surface area contributed by atoms with Gasteiger partial charge in [0.1, 0.15) is 12.4 Å². The van der Waals surface area contributed by atoms with Gasteiger partial charge in [0.05, 0.1) is 11.9 Å². The van der Waals surface area contributed by atoms with E-state index in [2.05, 4.69) is 15.5 Å². The van der Waals surface area contributed by atoms with Crippen molar-refractivity contribution in [1.29, 1.82) is 0 Å². The molecular formula is C19H26N4O3S. The minimum atomic E-state index is -0.0152. The van der Waals surface area contributed by atoms with Crippen molar-refractivity contribution in [3.05, 3.63) is 35.7 Å². The van der Waals surface area contributed by atoms with Crippen molar-refractivity contribution < 1.29 is 14.3 Å². The second-order valence-electron chi connectivity index (χ2n) is 6.47. The van der Waals surface area contributed by atoms with E-state index in [1.54, 1.807) is 0 Å². The van der Waals surface area contributed by atoms with Crippen LogP contribution in [0.1, 0.15) is 31.2 Å². The van der Waals surface area contributed by atoms with E-state index in [1.165, 1.54) is 17.3 Å². The summed E-state index contributed by atoms with van der Waals surface area (Å²) >= 11 is 1.39. The molecule has 0 spiro atoms. The van der Waals surface area contributed by atoms with Gasteiger partial charge in [0.15, 0.2) is 11.0 Å². The number of carbonyl (C=O) groups excluding carboxylic acids is 1. The molecule has 0 bridgehead atoms. The molecule has 1 N–H and O–H groups in total. The molecule has 27 heavy (non-hydrogen) atoms. The number of carbonyl (C=O) groups is 1. The lowest BCUT2D eigenvalue weighted by Gasteiger charge is -2.11. The Kier molecular flexibility index (Phi) is 7.11. The number of thioether (sulfide) groups is 1.